The molecule has 1 fully saturated rings. The van der Waals surface area contributed by atoms with Crippen molar-refractivity contribution in [3.05, 3.63) is 35.2 Å². The van der Waals surface area contributed by atoms with Crippen LogP contribution < -0.4 is 5.32 Å². The third-order valence-corrected chi connectivity index (χ3v) is 5.26. The molecule has 0 aliphatic heterocycles. The highest BCUT2D eigenvalue weighted by Crippen LogP contribution is 2.30. The van der Waals surface area contributed by atoms with Crippen molar-refractivity contribution in [1.82, 2.24) is 4.98 Å². The summed E-state index contributed by atoms with van der Waals surface area (Å²) in [5.41, 5.74) is 3.49. The maximum Gasteiger partial charge on any atom is 0.229 e. The van der Waals surface area contributed by atoms with E-state index in [1.807, 2.05) is 5.38 Å². The van der Waals surface area contributed by atoms with E-state index in [0.29, 0.717) is 5.13 Å². The first-order valence-corrected chi connectivity index (χ1v) is 9.19. The zero-order valence-corrected chi connectivity index (χ0v) is 14.9. The molecule has 1 amide bonds. The lowest BCUT2D eigenvalue weighted by molar-refractivity contribution is -0.119. The number of benzene rings is 1. The first kappa shape index (κ1) is 16.2. The fraction of sp³-hybridized carbons (Fsp3) is 0.474. The van der Waals surface area contributed by atoms with E-state index >= 15 is 0 Å². The second kappa shape index (κ2) is 6.44. The van der Waals surface area contributed by atoms with Crippen molar-refractivity contribution in [2.45, 2.75) is 51.9 Å². The van der Waals surface area contributed by atoms with Crippen molar-refractivity contribution in [2.75, 3.05) is 5.32 Å². The van der Waals surface area contributed by atoms with Crippen LogP contribution >= 0.6 is 11.3 Å². The standard InChI is InChI=1S/C19H24N2OS/c1-19(2,3)15-10-8-13(9-11-15)16-12-23-18(20-16)21-17(22)14-6-4-5-7-14/h8-12,14H,4-7H2,1-3H3,(H,20,21,22). The molecule has 1 heterocycles. The first-order chi connectivity index (χ1) is 10.9. The van der Waals surface area contributed by atoms with Crippen LogP contribution in [-0.4, -0.2) is 10.9 Å². The van der Waals surface area contributed by atoms with Crippen molar-refractivity contribution in [3.8, 4) is 11.3 Å². The van der Waals surface area contributed by atoms with Crippen LogP contribution in [0.25, 0.3) is 11.3 Å². The second-order valence-corrected chi connectivity index (χ2v) is 8.19. The summed E-state index contributed by atoms with van der Waals surface area (Å²) in [6.45, 7) is 6.63. The third-order valence-electron chi connectivity index (χ3n) is 4.51. The van der Waals surface area contributed by atoms with Crippen LogP contribution in [0.2, 0.25) is 0 Å². The lowest BCUT2D eigenvalue weighted by Crippen LogP contribution is -2.20. The number of nitrogens with one attached hydrogen (secondary N) is 1. The van der Waals surface area contributed by atoms with Crippen LogP contribution in [0.5, 0.6) is 0 Å². The monoisotopic (exact) mass is 328 g/mol. The average Bonchev–Trinajstić information content (AvgIpc) is 3.18. The molecule has 1 aliphatic rings. The molecule has 1 aliphatic carbocycles. The van der Waals surface area contributed by atoms with Crippen LogP contribution in [0.1, 0.15) is 52.0 Å². The highest BCUT2D eigenvalue weighted by atomic mass is 32.1. The number of hydrogen-bond acceptors (Lipinski definition) is 3. The molecular formula is C19H24N2OS. The van der Waals surface area contributed by atoms with Gasteiger partial charge in [0.05, 0.1) is 5.69 Å². The van der Waals surface area contributed by atoms with Gasteiger partial charge < -0.3 is 5.32 Å². The molecule has 0 unspecified atom stereocenters. The van der Waals surface area contributed by atoms with Crippen LogP contribution in [0.4, 0.5) is 5.13 Å². The predicted molar refractivity (Wildman–Crippen MR) is 96.8 cm³/mol. The maximum absolute atomic E-state index is 12.2. The molecular weight excluding hydrogens is 304 g/mol. The molecule has 0 saturated heterocycles. The van der Waals surface area contributed by atoms with Crippen LogP contribution in [-0.2, 0) is 10.2 Å². The molecule has 1 aromatic carbocycles. The Morgan fingerprint density at radius 3 is 2.43 bits per heavy atom. The number of thiazole rings is 1. The van der Waals surface area contributed by atoms with Gasteiger partial charge in [0.25, 0.3) is 0 Å². The Kier molecular flexibility index (Phi) is 4.53. The lowest BCUT2D eigenvalue weighted by Gasteiger charge is -2.18. The first-order valence-electron chi connectivity index (χ1n) is 8.31. The zero-order chi connectivity index (χ0) is 16.4. The molecule has 122 valence electrons. The van der Waals surface area contributed by atoms with E-state index in [1.54, 1.807) is 0 Å². The summed E-state index contributed by atoms with van der Waals surface area (Å²) in [6, 6.07) is 8.54. The van der Waals surface area contributed by atoms with Crippen LogP contribution in [0.15, 0.2) is 29.6 Å². The van der Waals surface area contributed by atoms with Gasteiger partial charge >= 0.3 is 0 Å². The van der Waals surface area contributed by atoms with Crippen LogP contribution in [0.3, 0.4) is 0 Å². The summed E-state index contributed by atoms with van der Waals surface area (Å²) in [4.78, 5) is 16.7. The summed E-state index contributed by atoms with van der Waals surface area (Å²) in [5.74, 6) is 0.305. The minimum absolute atomic E-state index is 0.131. The van der Waals surface area contributed by atoms with Gasteiger partial charge in [-0.25, -0.2) is 4.98 Å². The Hall–Kier alpha value is -1.68. The maximum atomic E-state index is 12.2. The lowest BCUT2D eigenvalue weighted by atomic mass is 9.86. The fourth-order valence-corrected chi connectivity index (χ4v) is 3.72. The normalized spacial score (nSPS) is 15.8. The molecule has 1 aromatic heterocycles. The number of carbonyl (C=O) groups is 1. The van der Waals surface area contributed by atoms with Gasteiger partial charge in [-0.2, -0.15) is 0 Å². The fourth-order valence-electron chi connectivity index (χ4n) is 3.00. The SMILES string of the molecule is CC(C)(C)c1ccc(-c2csc(NC(=O)C3CCCC3)n2)cc1. The Balaban J connectivity index is 1.70. The van der Waals surface area contributed by atoms with E-state index in [-0.39, 0.29) is 17.2 Å². The average molecular weight is 328 g/mol. The molecule has 0 radical (unpaired) electrons. The molecule has 3 nitrogen and oxygen atoms in total. The van der Waals surface area contributed by atoms with E-state index in [9.17, 15) is 4.79 Å². The van der Waals surface area contributed by atoms with E-state index in [2.05, 4.69) is 55.3 Å². The third kappa shape index (κ3) is 3.81. The van der Waals surface area contributed by atoms with Gasteiger partial charge in [0, 0.05) is 16.9 Å². The van der Waals surface area contributed by atoms with Gasteiger partial charge in [0.1, 0.15) is 0 Å². The Labute approximate surface area is 142 Å². The zero-order valence-electron chi connectivity index (χ0n) is 14.1. The van der Waals surface area contributed by atoms with Crippen molar-refractivity contribution in [2.24, 2.45) is 5.92 Å². The minimum atomic E-state index is 0.131. The topological polar surface area (TPSA) is 42.0 Å². The van der Waals surface area contributed by atoms with Crippen molar-refractivity contribution in [1.29, 1.82) is 0 Å². The summed E-state index contributed by atoms with van der Waals surface area (Å²) >= 11 is 1.50. The van der Waals surface area contributed by atoms with Gasteiger partial charge in [-0.15, -0.1) is 11.3 Å². The minimum Gasteiger partial charge on any atom is -0.302 e. The molecule has 0 spiro atoms. The van der Waals surface area contributed by atoms with Gasteiger partial charge in [0.2, 0.25) is 5.91 Å². The smallest absolute Gasteiger partial charge is 0.229 e. The molecule has 1 N–H and O–H groups in total. The number of nitrogens with zero attached hydrogens (tertiary/aromatic N) is 1. The molecule has 4 heteroatoms. The number of amides is 1. The Bertz CT molecular complexity index is 676. The number of hydrogen-bond donors (Lipinski definition) is 1. The van der Waals surface area contributed by atoms with E-state index in [4.69, 9.17) is 0 Å². The molecule has 2 aromatic rings. The number of carbonyl (C=O) groups excluding carboxylic acids is 1. The highest BCUT2D eigenvalue weighted by Gasteiger charge is 2.23. The molecule has 3 rings (SSSR count). The molecule has 1 saturated carbocycles. The van der Waals surface area contributed by atoms with E-state index < -0.39 is 0 Å². The van der Waals surface area contributed by atoms with Crippen molar-refractivity contribution < 1.29 is 4.79 Å². The quantitative estimate of drug-likeness (QED) is 0.837. The summed E-state index contributed by atoms with van der Waals surface area (Å²) in [5, 5.41) is 5.69. The van der Waals surface area contributed by atoms with Gasteiger partial charge in [-0.3, -0.25) is 4.79 Å². The molecule has 0 bridgehead atoms. The van der Waals surface area contributed by atoms with Crippen molar-refractivity contribution in [3.63, 3.8) is 0 Å². The van der Waals surface area contributed by atoms with E-state index in [1.165, 1.54) is 29.7 Å². The highest BCUT2D eigenvalue weighted by molar-refractivity contribution is 7.14. The Morgan fingerprint density at radius 2 is 1.83 bits per heavy atom. The van der Waals surface area contributed by atoms with E-state index in [0.717, 1.165) is 24.1 Å². The summed E-state index contributed by atoms with van der Waals surface area (Å²) in [6.07, 6.45) is 4.36. The second-order valence-electron chi connectivity index (χ2n) is 7.34. The molecule has 0 atom stereocenters. The summed E-state index contributed by atoms with van der Waals surface area (Å²) in [7, 11) is 0. The van der Waals surface area contributed by atoms with Crippen molar-refractivity contribution >= 4 is 22.4 Å². The van der Waals surface area contributed by atoms with Gasteiger partial charge in [-0.05, 0) is 23.8 Å². The number of anilines is 1. The number of rotatable bonds is 3. The summed E-state index contributed by atoms with van der Waals surface area (Å²) < 4.78 is 0. The van der Waals surface area contributed by atoms with Gasteiger partial charge in [0.15, 0.2) is 5.13 Å². The molecule has 23 heavy (non-hydrogen) atoms. The van der Waals surface area contributed by atoms with Crippen LogP contribution in [0, 0.1) is 5.92 Å². The largest absolute Gasteiger partial charge is 0.302 e. The Morgan fingerprint density at radius 1 is 1.17 bits per heavy atom. The number of aromatic nitrogens is 1. The predicted octanol–water partition coefficient (Wildman–Crippen LogP) is 5.24. The van der Waals surface area contributed by atoms with Gasteiger partial charge in [-0.1, -0.05) is 57.9 Å².